The van der Waals surface area contributed by atoms with Crippen LogP contribution in [0, 0.1) is 0 Å². The molecular weight excluding hydrogens is 1110 g/mol. The molecule has 0 aliphatic rings. The molecule has 0 atom stereocenters. The molecule has 92 heavy (non-hydrogen) atoms. The van der Waals surface area contributed by atoms with E-state index < -0.39 is 0 Å². The standard InChI is InChI=1S/C90H80N2/c1-87(2,67-25-13-9-14-26-67)71-43-55-77(56-44-71)91(78-57-45-72(46-58-78)88(3,4)68-27-15-10-16-28-68)75-51-37-65(38-52-75)41-63-85-81-33-21-23-35-83(81)86(84-36-24-22-34-82(84)85)64-42-66-39-53-76(54-40-66)92(79-59-47-73(48-60-79)89(5,6)69-29-17-11-18-30-69)80-61-49-74(50-62-80)90(7,8)70-31-19-12-20-32-70/h9-64H,1-8H3/b63-41+,64-42+. The average Bonchev–Trinajstić information content (AvgIpc) is 0.847. The van der Waals surface area contributed by atoms with Gasteiger partial charge in [-0.2, -0.15) is 0 Å². The van der Waals surface area contributed by atoms with E-state index in [0.29, 0.717) is 0 Å². The molecule has 13 aromatic carbocycles. The first-order valence-electron chi connectivity index (χ1n) is 32.4. The molecule has 0 unspecified atom stereocenters. The molecule has 0 radical (unpaired) electrons. The number of fused-ring (bicyclic) bond motifs is 2. The third-order valence-electron chi connectivity index (χ3n) is 19.6. The zero-order valence-corrected chi connectivity index (χ0v) is 54.2. The van der Waals surface area contributed by atoms with Crippen molar-refractivity contribution in [3.05, 3.63) is 382 Å². The Balaban J connectivity index is 0.798. The first-order chi connectivity index (χ1) is 44.6. The summed E-state index contributed by atoms with van der Waals surface area (Å²) in [4.78, 5) is 4.76. The van der Waals surface area contributed by atoms with E-state index in [1.54, 1.807) is 0 Å². The van der Waals surface area contributed by atoms with Crippen molar-refractivity contribution in [2.75, 3.05) is 9.80 Å². The molecule has 0 aliphatic carbocycles. The van der Waals surface area contributed by atoms with Crippen LogP contribution in [0.25, 0.3) is 45.8 Å². The van der Waals surface area contributed by atoms with E-state index in [1.807, 2.05) is 0 Å². The third-order valence-corrected chi connectivity index (χ3v) is 19.6. The van der Waals surface area contributed by atoms with E-state index in [9.17, 15) is 0 Å². The Morgan fingerprint density at radius 3 is 0.565 bits per heavy atom. The predicted octanol–water partition coefficient (Wildman–Crippen LogP) is 24.6. The number of hydrogen-bond donors (Lipinski definition) is 0. The Morgan fingerprint density at radius 2 is 0.359 bits per heavy atom. The molecule has 0 aliphatic heterocycles. The highest BCUT2D eigenvalue weighted by Crippen LogP contribution is 2.43. The summed E-state index contributed by atoms with van der Waals surface area (Å²) in [5.74, 6) is 0. The lowest BCUT2D eigenvalue weighted by Crippen LogP contribution is -2.19. The van der Waals surface area contributed by atoms with E-state index >= 15 is 0 Å². The molecule has 0 amide bonds. The molecule has 0 aromatic heterocycles. The van der Waals surface area contributed by atoms with Crippen LogP contribution in [0.3, 0.4) is 0 Å². The van der Waals surface area contributed by atoms with Gasteiger partial charge in [-0.25, -0.2) is 0 Å². The van der Waals surface area contributed by atoms with Crippen molar-refractivity contribution in [1.82, 2.24) is 0 Å². The van der Waals surface area contributed by atoms with Crippen LogP contribution >= 0.6 is 0 Å². The Morgan fingerprint density at radius 1 is 0.185 bits per heavy atom. The highest BCUT2D eigenvalue weighted by Gasteiger charge is 2.28. The van der Waals surface area contributed by atoms with Crippen LogP contribution in [0.2, 0.25) is 0 Å². The third kappa shape index (κ3) is 12.1. The molecule has 2 nitrogen and oxygen atoms in total. The lowest BCUT2D eigenvalue weighted by molar-refractivity contribution is 0.640. The Labute approximate surface area is 545 Å². The molecule has 0 bridgehead atoms. The van der Waals surface area contributed by atoms with Crippen molar-refractivity contribution < 1.29 is 0 Å². The van der Waals surface area contributed by atoms with Crippen LogP contribution < -0.4 is 9.80 Å². The van der Waals surface area contributed by atoms with Gasteiger partial charge in [-0.15, -0.1) is 0 Å². The van der Waals surface area contributed by atoms with E-state index in [2.05, 4.69) is 405 Å². The zero-order valence-electron chi connectivity index (χ0n) is 54.2. The zero-order chi connectivity index (χ0) is 63.5. The van der Waals surface area contributed by atoms with Gasteiger partial charge in [-0.1, -0.05) is 322 Å². The molecule has 0 saturated heterocycles. The van der Waals surface area contributed by atoms with Crippen molar-refractivity contribution in [3.63, 3.8) is 0 Å². The van der Waals surface area contributed by atoms with Crippen molar-refractivity contribution in [2.45, 2.75) is 77.0 Å². The predicted molar refractivity (Wildman–Crippen MR) is 396 cm³/mol. The summed E-state index contributed by atoms with van der Waals surface area (Å²) in [6.07, 6.45) is 9.16. The van der Waals surface area contributed by atoms with Crippen LogP contribution in [0.1, 0.15) is 122 Å². The number of nitrogens with zero attached hydrogens (tertiary/aromatic N) is 2. The van der Waals surface area contributed by atoms with Crippen molar-refractivity contribution >= 4 is 80.0 Å². The molecule has 13 aromatic rings. The molecule has 0 heterocycles. The van der Waals surface area contributed by atoms with E-state index in [-0.39, 0.29) is 21.7 Å². The Kier molecular flexibility index (Phi) is 16.7. The topological polar surface area (TPSA) is 6.48 Å². The van der Waals surface area contributed by atoms with Crippen LogP contribution in [0.4, 0.5) is 34.1 Å². The van der Waals surface area contributed by atoms with Crippen LogP contribution in [0.5, 0.6) is 0 Å². The second-order valence-electron chi connectivity index (χ2n) is 26.6. The summed E-state index contributed by atoms with van der Waals surface area (Å²) >= 11 is 0. The summed E-state index contributed by atoms with van der Waals surface area (Å²) in [6, 6.07) is 116. The molecular formula is C90H80N2. The first kappa shape index (κ1) is 60.4. The quantitative estimate of drug-likeness (QED) is 0.0624. The lowest BCUT2D eigenvalue weighted by atomic mass is 9.78. The number of rotatable bonds is 18. The summed E-state index contributed by atoms with van der Waals surface area (Å²) in [6.45, 7) is 18.5. The summed E-state index contributed by atoms with van der Waals surface area (Å²) in [7, 11) is 0. The highest BCUT2D eigenvalue weighted by molar-refractivity contribution is 6.14. The maximum atomic E-state index is 2.38. The van der Waals surface area contributed by atoms with Crippen molar-refractivity contribution in [1.29, 1.82) is 0 Å². The molecule has 450 valence electrons. The van der Waals surface area contributed by atoms with E-state index in [1.165, 1.54) is 77.2 Å². The monoisotopic (exact) mass is 1190 g/mol. The highest BCUT2D eigenvalue weighted by atomic mass is 15.1. The normalized spacial score (nSPS) is 12.3. The summed E-state index contributed by atoms with van der Waals surface area (Å²) in [5, 5.41) is 4.85. The fraction of sp³-hybridized carbons (Fsp3) is 0.133. The fourth-order valence-corrected chi connectivity index (χ4v) is 13.5. The van der Waals surface area contributed by atoms with Gasteiger partial charge in [0, 0.05) is 55.8 Å². The molecule has 0 fully saturated rings. The van der Waals surface area contributed by atoms with E-state index in [0.717, 1.165) is 45.3 Å². The maximum Gasteiger partial charge on any atom is 0.0462 e. The SMILES string of the molecule is CC(C)(c1ccccc1)c1ccc(N(c2ccc(/C=C/c3c4ccccc4c(/C=C/c4ccc(N(c5ccc(C(C)(C)c6ccccc6)cc5)c5ccc(C(C)(C)c6ccccc6)cc5)cc4)c4ccccc34)cc2)c2ccc(C(C)(C)c3ccccc3)cc2)cc1. The molecule has 13 rings (SSSR count). The summed E-state index contributed by atoms with van der Waals surface area (Å²) < 4.78 is 0. The second-order valence-corrected chi connectivity index (χ2v) is 26.6. The Hall–Kier alpha value is -10.5. The van der Waals surface area contributed by atoms with Gasteiger partial charge in [-0.05, 0) is 161 Å². The largest absolute Gasteiger partial charge is 0.311 e. The second kappa shape index (κ2) is 25.4. The van der Waals surface area contributed by atoms with Crippen LogP contribution in [-0.4, -0.2) is 0 Å². The fourth-order valence-electron chi connectivity index (χ4n) is 13.5. The van der Waals surface area contributed by atoms with E-state index in [4.69, 9.17) is 0 Å². The smallest absolute Gasteiger partial charge is 0.0462 e. The van der Waals surface area contributed by atoms with Crippen molar-refractivity contribution in [3.8, 4) is 0 Å². The minimum Gasteiger partial charge on any atom is -0.311 e. The van der Waals surface area contributed by atoms with Crippen molar-refractivity contribution in [2.24, 2.45) is 0 Å². The molecule has 0 N–H and O–H groups in total. The first-order valence-corrected chi connectivity index (χ1v) is 32.4. The lowest BCUT2D eigenvalue weighted by Gasteiger charge is -2.30. The number of hydrogen-bond acceptors (Lipinski definition) is 2. The average molecular weight is 1190 g/mol. The summed E-state index contributed by atoms with van der Waals surface area (Å²) in [5.41, 5.74) is 20.9. The molecule has 0 saturated carbocycles. The van der Waals surface area contributed by atoms with Crippen LogP contribution in [0.15, 0.2) is 315 Å². The van der Waals surface area contributed by atoms with Gasteiger partial charge < -0.3 is 9.80 Å². The number of benzene rings is 13. The van der Waals surface area contributed by atoms with Gasteiger partial charge in [0.2, 0.25) is 0 Å². The van der Waals surface area contributed by atoms with Gasteiger partial charge in [0.25, 0.3) is 0 Å². The number of anilines is 6. The van der Waals surface area contributed by atoms with Crippen LogP contribution in [-0.2, 0) is 21.7 Å². The Bertz CT molecular complexity index is 4140. The minimum atomic E-state index is -0.151. The molecule has 2 heteroatoms. The van der Waals surface area contributed by atoms with Gasteiger partial charge in [0.15, 0.2) is 0 Å². The van der Waals surface area contributed by atoms with Gasteiger partial charge >= 0.3 is 0 Å². The maximum absolute atomic E-state index is 2.38. The molecule has 0 spiro atoms. The van der Waals surface area contributed by atoms with Gasteiger partial charge in [0.1, 0.15) is 0 Å². The van der Waals surface area contributed by atoms with Gasteiger partial charge in [0.05, 0.1) is 0 Å². The van der Waals surface area contributed by atoms with Gasteiger partial charge in [-0.3, -0.25) is 0 Å². The minimum absolute atomic E-state index is 0.151.